The summed E-state index contributed by atoms with van der Waals surface area (Å²) in [7, 11) is 0. The monoisotopic (exact) mass is 611 g/mol. The van der Waals surface area contributed by atoms with Crippen molar-refractivity contribution in [1.82, 2.24) is 9.55 Å². The van der Waals surface area contributed by atoms with Gasteiger partial charge < -0.3 is 4.57 Å². The number of aryl methyl sites for hydroxylation is 1. The molecule has 0 aliphatic heterocycles. The molecule has 7 rings (SSSR count). The summed E-state index contributed by atoms with van der Waals surface area (Å²) in [6, 6.07) is 41.0. The Labute approximate surface area is 276 Å². The van der Waals surface area contributed by atoms with Crippen LogP contribution in [-0.4, -0.2) is 9.55 Å². The Bertz CT molecular complexity index is 2490. The standard InChI is InChI=1S/C41H21N7/c1-25-10-35(24-46)36(30-6-8-47-9-7-30)19-41(25)48-39-4-2-31(33-13-26(20-42)11-27(14-33)21-43)17-37(39)38-18-32(3-5-40(38)48)34-15-28(22-44)12-29(16-34)23-45/h2-19H,1H3. The zero-order chi connectivity index (χ0) is 33.4. The minimum absolute atomic E-state index is 0.399. The number of nitriles is 5. The SMILES string of the molecule is Cc1cc(C#N)c(-c2ccncc2)cc1-n1c2ccc(-c3cc(C#N)cc(C#N)c3)cc2c2cc(-c3cc(C#N)cc(C#N)c3)ccc21. The van der Waals surface area contributed by atoms with E-state index >= 15 is 0 Å². The average Bonchev–Trinajstić information content (AvgIpc) is 3.47. The van der Waals surface area contributed by atoms with Crippen molar-refractivity contribution >= 4 is 21.8 Å². The summed E-state index contributed by atoms with van der Waals surface area (Å²) in [6.07, 6.45) is 3.41. The van der Waals surface area contributed by atoms with Gasteiger partial charge in [-0.25, -0.2) is 0 Å². The zero-order valence-corrected chi connectivity index (χ0v) is 25.5. The molecule has 0 aliphatic rings. The number of fused-ring (bicyclic) bond motifs is 3. The number of hydrogen-bond acceptors (Lipinski definition) is 6. The maximum absolute atomic E-state index is 10.0. The summed E-state index contributed by atoms with van der Waals surface area (Å²) in [5.74, 6) is 0. The maximum Gasteiger partial charge on any atom is 0.0998 e. The lowest BCUT2D eigenvalue weighted by molar-refractivity contribution is 1.15. The minimum Gasteiger partial charge on any atom is -0.309 e. The smallest absolute Gasteiger partial charge is 0.0998 e. The van der Waals surface area contributed by atoms with E-state index in [1.165, 1.54) is 0 Å². The molecule has 0 aliphatic carbocycles. The highest BCUT2D eigenvalue weighted by atomic mass is 15.0. The third kappa shape index (κ3) is 4.96. The number of pyridine rings is 1. The van der Waals surface area contributed by atoms with Gasteiger partial charge in [0.1, 0.15) is 0 Å². The second kappa shape index (κ2) is 11.8. The molecule has 0 saturated heterocycles. The molecule has 5 aromatic carbocycles. The third-order valence-corrected chi connectivity index (χ3v) is 8.50. The molecule has 2 aromatic heterocycles. The van der Waals surface area contributed by atoms with Crippen molar-refractivity contribution in [2.45, 2.75) is 6.92 Å². The number of hydrogen-bond donors (Lipinski definition) is 0. The van der Waals surface area contributed by atoms with E-state index in [1.807, 2.05) is 55.5 Å². The molecule has 48 heavy (non-hydrogen) atoms. The van der Waals surface area contributed by atoms with Gasteiger partial charge in [-0.3, -0.25) is 4.98 Å². The molecule has 0 amide bonds. The summed E-state index contributed by atoms with van der Waals surface area (Å²) in [6.45, 7) is 1.99. The van der Waals surface area contributed by atoms with Crippen LogP contribution in [0.25, 0.3) is 60.9 Å². The second-order valence-corrected chi connectivity index (χ2v) is 11.4. The molecule has 0 spiro atoms. The van der Waals surface area contributed by atoms with E-state index in [9.17, 15) is 26.3 Å². The summed E-state index contributed by atoms with van der Waals surface area (Å²) >= 11 is 0. The summed E-state index contributed by atoms with van der Waals surface area (Å²) in [5, 5.41) is 50.4. The van der Waals surface area contributed by atoms with Crippen LogP contribution in [-0.2, 0) is 0 Å². The molecule has 0 bridgehead atoms. The quantitative estimate of drug-likeness (QED) is 0.195. The van der Waals surface area contributed by atoms with Gasteiger partial charge in [0.05, 0.1) is 69.2 Å². The Hall–Kier alpha value is -7.50. The summed E-state index contributed by atoms with van der Waals surface area (Å²) < 4.78 is 2.18. The van der Waals surface area contributed by atoms with Crippen molar-refractivity contribution in [2.24, 2.45) is 0 Å². The van der Waals surface area contributed by atoms with E-state index in [4.69, 9.17) is 0 Å². The Morgan fingerprint density at radius 1 is 0.479 bits per heavy atom. The first-order chi connectivity index (χ1) is 23.4. The topological polar surface area (TPSA) is 137 Å². The van der Waals surface area contributed by atoms with Crippen LogP contribution in [0.3, 0.4) is 0 Å². The molecule has 7 aromatic rings. The van der Waals surface area contributed by atoms with Crippen LogP contribution in [0.15, 0.2) is 109 Å². The molecule has 7 heteroatoms. The van der Waals surface area contributed by atoms with Crippen LogP contribution in [0.2, 0.25) is 0 Å². The van der Waals surface area contributed by atoms with E-state index in [0.29, 0.717) is 27.8 Å². The fourth-order valence-corrected chi connectivity index (χ4v) is 6.29. The van der Waals surface area contributed by atoms with Crippen LogP contribution < -0.4 is 0 Å². The molecule has 0 fully saturated rings. The van der Waals surface area contributed by atoms with Crippen LogP contribution in [0, 0.1) is 63.6 Å². The van der Waals surface area contributed by atoms with Gasteiger partial charge in [-0.1, -0.05) is 12.1 Å². The van der Waals surface area contributed by atoms with E-state index in [1.54, 1.807) is 48.8 Å². The van der Waals surface area contributed by atoms with Gasteiger partial charge in [0.25, 0.3) is 0 Å². The van der Waals surface area contributed by atoms with Crippen molar-refractivity contribution in [3.63, 3.8) is 0 Å². The fourth-order valence-electron chi connectivity index (χ4n) is 6.29. The van der Waals surface area contributed by atoms with Gasteiger partial charge in [0, 0.05) is 34.4 Å². The molecule has 220 valence electrons. The highest BCUT2D eigenvalue weighted by molar-refractivity contribution is 6.12. The fraction of sp³-hybridized carbons (Fsp3) is 0.0244. The van der Waals surface area contributed by atoms with E-state index in [0.717, 1.165) is 66.4 Å². The minimum atomic E-state index is 0.399. The highest BCUT2D eigenvalue weighted by Gasteiger charge is 2.19. The van der Waals surface area contributed by atoms with Crippen molar-refractivity contribution < 1.29 is 0 Å². The number of benzene rings is 5. The highest BCUT2D eigenvalue weighted by Crippen LogP contribution is 2.39. The molecule has 7 nitrogen and oxygen atoms in total. The molecular weight excluding hydrogens is 591 g/mol. The van der Waals surface area contributed by atoms with Crippen LogP contribution in [0.1, 0.15) is 33.4 Å². The van der Waals surface area contributed by atoms with E-state index < -0.39 is 0 Å². The Kier molecular flexibility index (Phi) is 7.17. The van der Waals surface area contributed by atoms with Crippen LogP contribution in [0.4, 0.5) is 0 Å². The second-order valence-electron chi connectivity index (χ2n) is 11.4. The maximum atomic E-state index is 10.0. The summed E-state index contributed by atoms with van der Waals surface area (Å²) in [4.78, 5) is 4.15. The first kappa shape index (κ1) is 29.2. The van der Waals surface area contributed by atoms with Crippen molar-refractivity contribution in [2.75, 3.05) is 0 Å². The predicted molar refractivity (Wildman–Crippen MR) is 183 cm³/mol. The van der Waals surface area contributed by atoms with E-state index in [-0.39, 0.29) is 0 Å². The molecule has 0 unspecified atom stereocenters. The van der Waals surface area contributed by atoms with Gasteiger partial charge >= 0.3 is 0 Å². The van der Waals surface area contributed by atoms with Gasteiger partial charge in [-0.15, -0.1) is 0 Å². The van der Waals surface area contributed by atoms with Crippen LogP contribution in [0.5, 0.6) is 0 Å². The summed E-state index contributed by atoms with van der Waals surface area (Å²) in [5.41, 5.74) is 10.7. The van der Waals surface area contributed by atoms with Gasteiger partial charge in [0.2, 0.25) is 0 Å². The normalized spacial score (nSPS) is 10.5. The first-order valence-electron chi connectivity index (χ1n) is 14.9. The lowest BCUT2D eigenvalue weighted by Crippen LogP contribution is -2.00. The lowest BCUT2D eigenvalue weighted by Gasteiger charge is -2.15. The van der Waals surface area contributed by atoms with Gasteiger partial charge in [0.15, 0.2) is 0 Å². The Balaban J connectivity index is 1.55. The van der Waals surface area contributed by atoms with Crippen molar-refractivity contribution in [3.8, 4) is 69.4 Å². The number of nitrogens with zero attached hydrogens (tertiary/aromatic N) is 7. The Morgan fingerprint density at radius 2 is 0.958 bits per heavy atom. The lowest BCUT2D eigenvalue weighted by atomic mass is 9.97. The predicted octanol–water partition coefficient (Wildman–Crippen LogP) is 8.85. The van der Waals surface area contributed by atoms with Crippen molar-refractivity contribution in [1.29, 1.82) is 26.3 Å². The van der Waals surface area contributed by atoms with Crippen LogP contribution >= 0.6 is 0 Å². The molecule has 2 heterocycles. The molecule has 0 atom stereocenters. The molecule has 0 N–H and O–H groups in total. The van der Waals surface area contributed by atoms with Crippen molar-refractivity contribution in [3.05, 3.63) is 143 Å². The first-order valence-corrected chi connectivity index (χ1v) is 14.9. The van der Waals surface area contributed by atoms with E-state index in [2.05, 4.69) is 52.0 Å². The number of aromatic nitrogens is 2. The van der Waals surface area contributed by atoms with Gasteiger partial charge in [-0.05, 0) is 125 Å². The Morgan fingerprint density at radius 3 is 1.40 bits per heavy atom. The largest absolute Gasteiger partial charge is 0.309 e. The molecular formula is C41H21N7. The zero-order valence-electron chi connectivity index (χ0n) is 25.5. The number of rotatable bonds is 4. The third-order valence-electron chi connectivity index (χ3n) is 8.50. The molecule has 0 saturated carbocycles. The molecule has 0 radical (unpaired) electrons. The average molecular weight is 612 g/mol. The van der Waals surface area contributed by atoms with Gasteiger partial charge in [-0.2, -0.15) is 26.3 Å².